The van der Waals surface area contributed by atoms with E-state index in [9.17, 15) is 14.4 Å². The van der Waals surface area contributed by atoms with Crippen LogP contribution in [0.1, 0.15) is 101 Å². The molecule has 0 bridgehead atoms. The Bertz CT molecular complexity index is 755. The van der Waals surface area contributed by atoms with Gasteiger partial charge in [-0.3, -0.25) is 15.4 Å². The summed E-state index contributed by atoms with van der Waals surface area (Å²) in [5, 5.41) is 5.05. The zero-order valence-corrected chi connectivity index (χ0v) is 29.6. The molecule has 0 aromatic rings. The van der Waals surface area contributed by atoms with Crippen LogP contribution >= 0.6 is 0 Å². The summed E-state index contributed by atoms with van der Waals surface area (Å²) >= 11 is 0. The third kappa shape index (κ3) is 13.9. The van der Waals surface area contributed by atoms with Crippen molar-refractivity contribution >= 4 is 24.1 Å². The molecule has 4 atom stereocenters. The van der Waals surface area contributed by atoms with Gasteiger partial charge in [0.25, 0.3) is 0 Å². The van der Waals surface area contributed by atoms with Gasteiger partial charge in [0.2, 0.25) is 5.96 Å². The van der Waals surface area contributed by atoms with Gasteiger partial charge in [-0.1, -0.05) is 45.4 Å². The average molecular weight is 753 g/mol. The van der Waals surface area contributed by atoms with Crippen molar-refractivity contribution in [2.24, 2.45) is 22.7 Å². The third-order valence-corrected chi connectivity index (χ3v) is 6.02. The molecule has 38 heavy (non-hydrogen) atoms. The van der Waals surface area contributed by atoms with Gasteiger partial charge >= 0.3 is 18.2 Å². The largest absolute Gasteiger partial charge is 0.674 e. The Morgan fingerprint density at radius 2 is 1.37 bits per heavy atom. The van der Waals surface area contributed by atoms with Gasteiger partial charge in [-0.25, -0.2) is 14.6 Å². The number of aliphatic imine (C=N–C) groups is 1. The molecule has 11 heteroatoms. The quantitative estimate of drug-likeness (QED) is 0.129. The summed E-state index contributed by atoms with van der Waals surface area (Å²) in [5.74, 6) is -0.910. The van der Waals surface area contributed by atoms with Gasteiger partial charge in [-0.2, -0.15) is 0 Å². The fraction of sp³-hybridized carbons (Fsp3) is 0.852. The maximum Gasteiger partial charge on any atom is 0.414 e. The molecule has 1 fully saturated rings. The predicted octanol–water partition coefficient (Wildman–Crippen LogP) is 5.99. The molecular weight excluding hydrogens is 703 g/mol. The van der Waals surface area contributed by atoms with E-state index in [1.165, 1.54) is 0 Å². The van der Waals surface area contributed by atoms with E-state index in [0.717, 1.165) is 25.7 Å². The Labute approximate surface area is 264 Å². The van der Waals surface area contributed by atoms with Gasteiger partial charge in [-0.05, 0) is 67.2 Å². The first-order chi connectivity index (χ1) is 17.1. The van der Waals surface area contributed by atoms with Gasteiger partial charge in [0.15, 0.2) is 0 Å². The van der Waals surface area contributed by atoms with E-state index in [1.54, 1.807) is 48.5 Å². The minimum atomic E-state index is -0.781. The molecule has 0 heterocycles. The zero-order chi connectivity index (χ0) is 28.4. The number of amides is 2. The Morgan fingerprint density at radius 1 is 0.895 bits per heavy atom. The number of ether oxygens (including phenoxy) is 3. The topological polar surface area (TPSA) is 139 Å². The molecule has 1 rings (SSSR count). The minimum Gasteiger partial charge on any atom is -0.674 e. The molecule has 0 aromatic carbocycles. The molecule has 1 saturated carbocycles. The van der Waals surface area contributed by atoms with Crippen molar-refractivity contribution in [1.82, 2.24) is 10.6 Å². The van der Waals surface area contributed by atoms with Crippen molar-refractivity contribution in [3.8, 4) is 0 Å². The maximum atomic E-state index is 12.6. The van der Waals surface area contributed by atoms with Crippen LogP contribution in [0.4, 0.5) is 9.59 Å². The van der Waals surface area contributed by atoms with Crippen LogP contribution in [0.25, 0.3) is 5.73 Å². The Kier molecular flexibility index (Phi) is 16.6. The average Bonchev–Trinajstić information content (AvgIpc) is 3.14. The van der Waals surface area contributed by atoms with E-state index in [-0.39, 0.29) is 74.4 Å². The van der Waals surface area contributed by atoms with Crippen molar-refractivity contribution < 1.29 is 72.7 Å². The van der Waals surface area contributed by atoms with Gasteiger partial charge in [0, 0.05) is 44.1 Å². The van der Waals surface area contributed by atoms with Gasteiger partial charge < -0.3 is 19.9 Å². The van der Waals surface area contributed by atoms with Gasteiger partial charge in [0.1, 0.15) is 11.2 Å². The van der Waals surface area contributed by atoms with Crippen LogP contribution in [-0.4, -0.2) is 54.0 Å². The van der Waals surface area contributed by atoms with Crippen molar-refractivity contribution in [2.45, 2.75) is 124 Å². The van der Waals surface area contributed by atoms with Crippen LogP contribution in [0.2, 0.25) is 0 Å². The molecular formula is C27H49AcN4O6-. The summed E-state index contributed by atoms with van der Waals surface area (Å²) in [7, 11) is 0. The second-order valence-electron chi connectivity index (χ2n) is 11.7. The van der Waals surface area contributed by atoms with E-state index < -0.39 is 41.4 Å². The van der Waals surface area contributed by atoms with Crippen LogP contribution in [-0.2, 0) is 19.0 Å². The Balaban J connectivity index is 0.0000137. The molecule has 217 valence electrons. The number of carbonyl (C=O) groups is 3. The monoisotopic (exact) mass is 752 g/mol. The summed E-state index contributed by atoms with van der Waals surface area (Å²) in [4.78, 5) is 42.4. The van der Waals surface area contributed by atoms with Crippen LogP contribution < -0.4 is 10.6 Å². The second-order valence-corrected chi connectivity index (χ2v) is 11.7. The predicted molar refractivity (Wildman–Crippen MR) is 144 cm³/mol. The molecule has 1 unspecified atom stereocenters. The number of alkyl carbamates (subject to hydrolysis) is 2. The number of guanidine groups is 1. The Morgan fingerprint density at radius 3 is 1.76 bits per heavy atom. The van der Waals surface area contributed by atoms with Crippen molar-refractivity contribution in [2.75, 3.05) is 6.61 Å². The SMILES string of the molecule is CCCC(CCC)C([NH-])[C@@H]1C[C@@H](C(=O)OCC)C[C@H]1N=C(NC(=O)OC(C)(C)C)NC(=O)OC(C)(C)C.[Ac]. The molecule has 2 amide bonds. The summed E-state index contributed by atoms with van der Waals surface area (Å²) in [6, 6.07) is -0.926. The molecule has 0 spiro atoms. The molecule has 0 saturated heterocycles. The maximum absolute atomic E-state index is 12.6. The molecule has 1 radical (unpaired) electrons. The first kappa shape index (κ1) is 37.1. The smallest absolute Gasteiger partial charge is 0.414 e. The number of rotatable bonds is 9. The molecule has 0 aliphatic heterocycles. The number of hydrogen-bond acceptors (Lipinski definition) is 7. The molecule has 3 N–H and O–H groups in total. The molecule has 10 nitrogen and oxygen atoms in total. The van der Waals surface area contributed by atoms with Crippen LogP contribution in [0.5, 0.6) is 0 Å². The van der Waals surface area contributed by atoms with Crippen molar-refractivity contribution in [3.63, 3.8) is 0 Å². The van der Waals surface area contributed by atoms with E-state index in [0.29, 0.717) is 12.8 Å². The first-order valence-electron chi connectivity index (χ1n) is 13.6. The molecule has 0 aromatic heterocycles. The second kappa shape index (κ2) is 17.0. The van der Waals surface area contributed by atoms with Crippen LogP contribution in [0.3, 0.4) is 0 Å². The van der Waals surface area contributed by atoms with E-state index in [4.69, 9.17) is 19.9 Å². The standard InChI is InChI=1S/C27H49N4O6.Ac/c1-10-13-17(14-11-2)21(28)19-15-18(22(32)35-12-3)16-20(19)29-23(30-24(33)36-26(4,5)6)31-25(34)37-27(7,8)9;/h17-21,28H,10-16H2,1-9H3,(H2,29,30,31,33,34);/q-1;/t18-,19-,20-,21?;/m1./s1. The summed E-state index contributed by atoms with van der Waals surface area (Å²) in [5.41, 5.74) is 7.60. The fourth-order valence-corrected chi connectivity index (χ4v) is 4.69. The first-order valence-corrected chi connectivity index (χ1v) is 13.6. The normalized spacial score (nSPS) is 20.1. The number of esters is 1. The zero-order valence-electron chi connectivity index (χ0n) is 24.8. The van der Waals surface area contributed by atoms with E-state index in [2.05, 4.69) is 29.5 Å². The van der Waals surface area contributed by atoms with E-state index in [1.807, 2.05) is 0 Å². The van der Waals surface area contributed by atoms with Crippen molar-refractivity contribution in [3.05, 3.63) is 5.73 Å². The van der Waals surface area contributed by atoms with Crippen LogP contribution in [0.15, 0.2) is 4.99 Å². The fourth-order valence-electron chi connectivity index (χ4n) is 4.69. The number of nitrogens with one attached hydrogen (secondary N) is 3. The van der Waals surface area contributed by atoms with Crippen molar-refractivity contribution in [1.29, 1.82) is 0 Å². The Hall–Kier alpha value is -0.918. The molecule has 1 aliphatic rings. The number of nitrogens with zero attached hydrogens (tertiary/aromatic N) is 1. The van der Waals surface area contributed by atoms with Gasteiger partial charge in [0.05, 0.1) is 18.6 Å². The van der Waals surface area contributed by atoms with Gasteiger partial charge in [-0.15, -0.1) is 6.04 Å². The van der Waals surface area contributed by atoms with Crippen LogP contribution in [0, 0.1) is 61.8 Å². The third-order valence-electron chi connectivity index (χ3n) is 6.02. The number of carbonyl (C=O) groups excluding carboxylic acids is 3. The van der Waals surface area contributed by atoms with E-state index >= 15 is 0 Å². The minimum absolute atomic E-state index is 0. The summed E-state index contributed by atoms with van der Waals surface area (Å²) in [6.07, 6.45) is 3.03. The molecule has 1 aliphatic carbocycles. The number of hydrogen-bond donors (Lipinski definition) is 2. The summed E-state index contributed by atoms with van der Waals surface area (Å²) in [6.45, 7) is 16.6. The summed E-state index contributed by atoms with van der Waals surface area (Å²) < 4.78 is 16.0.